The minimum atomic E-state index is -0.631. The van der Waals surface area contributed by atoms with Crippen LogP contribution in [0, 0.1) is 0 Å². The topological polar surface area (TPSA) is 44.8 Å². The van der Waals surface area contributed by atoms with Crippen molar-refractivity contribution in [1.82, 2.24) is 0 Å². The van der Waals surface area contributed by atoms with Gasteiger partial charge in [0.15, 0.2) is 0 Å². The molecule has 0 spiro atoms. The van der Waals surface area contributed by atoms with Crippen LogP contribution < -0.4 is 0 Å². The Morgan fingerprint density at radius 1 is 1.12 bits per heavy atom. The molecule has 5 heteroatoms. The quantitative estimate of drug-likeness (QED) is 0.397. The zero-order chi connectivity index (χ0) is 12.4. The number of carbonyl (C=O) groups excluding carboxylic acids is 1. The van der Waals surface area contributed by atoms with Crippen LogP contribution in [0.5, 0.6) is 0 Å². The summed E-state index contributed by atoms with van der Waals surface area (Å²) in [5, 5.41) is 0. The molecule has 0 heterocycles. The van der Waals surface area contributed by atoms with Crippen LogP contribution in [0.1, 0.15) is 33.6 Å². The van der Waals surface area contributed by atoms with E-state index in [4.69, 9.17) is 25.8 Å². The average molecular weight is 253 g/mol. The number of hydrogen-bond acceptors (Lipinski definition) is 4. The van der Waals surface area contributed by atoms with E-state index in [1.165, 1.54) is 0 Å². The van der Waals surface area contributed by atoms with E-state index in [9.17, 15) is 4.79 Å². The van der Waals surface area contributed by atoms with Crippen molar-refractivity contribution in [3.05, 3.63) is 0 Å². The van der Waals surface area contributed by atoms with Crippen molar-refractivity contribution >= 4 is 17.8 Å². The Morgan fingerprint density at radius 3 is 2.31 bits per heavy atom. The lowest BCUT2D eigenvalue weighted by Crippen LogP contribution is -2.24. The third-order valence-electron chi connectivity index (χ3n) is 1.46. The van der Waals surface area contributed by atoms with Gasteiger partial charge in [-0.05, 0) is 27.2 Å². The van der Waals surface area contributed by atoms with Crippen molar-refractivity contribution in [2.24, 2.45) is 0 Å². The zero-order valence-corrected chi connectivity index (χ0v) is 11.0. The van der Waals surface area contributed by atoms with Gasteiger partial charge >= 0.3 is 6.16 Å². The molecule has 0 aromatic carbocycles. The molecule has 0 fully saturated rings. The molecule has 0 saturated heterocycles. The molecular weight excluding hydrogens is 232 g/mol. The van der Waals surface area contributed by atoms with Crippen LogP contribution in [0.2, 0.25) is 0 Å². The fourth-order valence-corrected chi connectivity index (χ4v) is 0.964. The van der Waals surface area contributed by atoms with Crippen molar-refractivity contribution in [1.29, 1.82) is 0 Å². The summed E-state index contributed by atoms with van der Waals surface area (Å²) in [7, 11) is 0. The van der Waals surface area contributed by atoms with E-state index in [2.05, 4.69) is 0 Å². The second-order valence-electron chi connectivity index (χ2n) is 4.32. The van der Waals surface area contributed by atoms with Gasteiger partial charge in [0.05, 0.1) is 6.61 Å². The molecule has 0 aromatic heterocycles. The minimum absolute atomic E-state index is 0.315. The fourth-order valence-electron chi connectivity index (χ4n) is 0.855. The first-order chi connectivity index (χ1) is 7.45. The molecule has 0 aliphatic rings. The largest absolute Gasteiger partial charge is 0.508 e. The first-order valence-electron chi connectivity index (χ1n) is 5.45. The van der Waals surface area contributed by atoms with Crippen LogP contribution in [-0.4, -0.2) is 37.5 Å². The number of hydrogen-bond donors (Lipinski definition) is 0. The molecule has 96 valence electrons. The Labute approximate surface area is 102 Å². The van der Waals surface area contributed by atoms with E-state index < -0.39 is 11.8 Å². The SMILES string of the molecule is CC(C)(C)OC(=O)OCCCOCCCCl. The van der Waals surface area contributed by atoms with E-state index >= 15 is 0 Å². The normalized spacial score (nSPS) is 11.2. The lowest BCUT2D eigenvalue weighted by Gasteiger charge is -2.18. The monoisotopic (exact) mass is 252 g/mol. The van der Waals surface area contributed by atoms with Gasteiger partial charge < -0.3 is 14.2 Å². The van der Waals surface area contributed by atoms with E-state index in [0.29, 0.717) is 32.1 Å². The predicted octanol–water partition coefficient (Wildman–Crippen LogP) is 2.97. The van der Waals surface area contributed by atoms with Crippen molar-refractivity contribution < 1.29 is 19.0 Å². The molecule has 0 aromatic rings. The zero-order valence-electron chi connectivity index (χ0n) is 10.3. The molecule has 4 nitrogen and oxygen atoms in total. The second-order valence-corrected chi connectivity index (χ2v) is 4.70. The van der Waals surface area contributed by atoms with Gasteiger partial charge in [0.2, 0.25) is 0 Å². The molecule has 0 bridgehead atoms. The molecule has 0 aliphatic heterocycles. The van der Waals surface area contributed by atoms with E-state index in [-0.39, 0.29) is 0 Å². The molecular formula is C11H21ClO4. The van der Waals surface area contributed by atoms with Crippen LogP contribution in [0.25, 0.3) is 0 Å². The Bertz CT molecular complexity index is 189. The maximum Gasteiger partial charge on any atom is 0.508 e. The molecule has 0 unspecified atom stereocenters. The van der Waals surface area contributed by atoms with Crippen LogP contribution in [0.3, 0.4) is 0 Å². The molecule has 0 saturated carbocycles. The standard InChI is InChI=1S/C11H21ClO4/c1-11(2,3)16-10(13)15-9-5-8-14-7-4-6-12/h4-9H2,1-3H3. The summed E-state index contributed by atoms with van der Waals surface area (Å²) >= 11 is 5.48. The third kappa shape index (κ3) is 11.6. The molecule has 0 aliphatic carbocycles. The first kappa shape index (κ1) is 15.5. The van der Waals surface area contributed by atoms with Gasteiger partial charge in [0, 0.05) is 25.5 Å². The van der Waals surface area contributed by atoms with Gasteiger partial charge in [0.1, 0.15) is 5.60 Å². The number of carbonyl (C=O) groups is 1. The number of ether oxygens (including phenoxy) is 3. The van der Waals surface area contributed by atoms with E-state index in [0.717, 1.165) is 6.42 Å². The van der Waals surface area contributed by atoms with Crippen molar-refractivity contribution in [3.63, 3.8) is 0 Å². The Hall–Kier alpha value is -0.480. The summed E-state index contributed by atoms with van der Waals surface area (Å²) in [5.74, 6) is 0.606. The summed E-state index contributed by atoms with van der Waals surface area (Å²) in [6.45, 7) is 6.92. The third-order valence-corrected chi connectivity index (χ3v) is 1.73. The van der Waals surface area contributed by atoms with Crippen LogP contribution in [0.15, 0.2) is 0 Å². The Morgan fingerprint density at radius 2 is 1.75 bits per heavy atom. The molecule has 0 radical (unpaired) electrons. The van der Waals surface area contributed by atoms with E-state index in [1.807, 2.05) is 0 Å². The summed E-state index contributed by atoms with van der Waals surface area (Å²) in [6.07, 6.45) is 0.879. The van der Waals surface area contributed by atoms with Crippen molar-refractivity contribution in [3.8, 4) is 0 Å². The number of alkyl halides is 1. The van der Waals surface area contributed by atoms with E-state index in [1.54, 1.807) is 20.8 Å². The summed E-state index contributed by atoms with van der Waals surface area (Å²) < 4.78 is 15.1. The van der Waals surface area contributed by atoms with Gasteiger partial charge in [0.25, 0.3) is 0 Å². The van der Waals surface area contributed by atoms with Crippen molar-refractivity contribution in [2.75, 3.05) is 25.7 Å². The summed E-state index contributed by atoms with van der Waals surface area (Å²) in [5.41, 5.74) is -0.506. The number of rotatable bonds is 7. The smallest absolute Gasteiger partial charge is 0.434 e. The highest BCUT2D eigenvalue weighted by Crippen LogP contribution is 2.08. The highest BCUT2D eigenvalue weighted by atomic mass is 35.5. The lowest BCUT2D eigenvalue weighted by molar-refractivity contribution is -0.0104. The van der Waals surface area contributed by atoms with Gasteiger partial charge in [-0.1, -0.05) is 0 Å². The molecule has 0 rings (SSSR count). The molecule has 0 N–H and O–H groups in total. The van der Waals surface area contributed by atoms with Gasteiger partial charge in [-0.15, -0.1) is 11.6 Å². The molecule has 16 heavy (non-hydrogen) atoms. The van der Waals surface area contributed by atoms with Gasteiger partial charge in [-0.3, -0.25) is 0 Å². The number of halogens is 1. The second kappa shape index (κ2) is 8.65. The van der Waals surface area contributed by atoms with Crippen molar-refractivity contribution in [2.45, 2.75) is 39.2 Å². The summed E-state index contributed by atoms with van der Waals surface area (Å²) in [6, 6.07) is 0. The van der Waals surface area contributed by atoms with Crippen LogP contribution in [0.4, 0.5) is 4.79 Å². The first-order valence-corrected chi connectivity index (χ1v) is 5.98. The minimum Gasteiger partial charge on any atom is -0.434 e. The highest BCUT2D eigenvalue weighted by molar-refractivity contribution is 6.17. The fraction of sp³-hybridized carbons (Fsp3) is 0.909. The Kier molecular flexibility index (Phi) is 8.39. The Balaban J connectivity index is 3.28. The predicted molar refractivity (Wildman–Crippen MR) is 63.0 cm³/mol. The van der Waals surface area contributed by atoms with Gasteiger partial charge in [-0.25, -0.2) is 4.79 Å². The molecule has 0 atom stereocenters. The highest BCUT2D eigenvalue weighted by Gasteiger charge is 2.16. The van der Waals surface area contributed by atoms with Crippen LogP contribution in [-0.2, 0) is 14.2 Å². The van der Waals surface area contributed by atoms with Crippen LogP contribution >= 0.6 is 11.6 Å². The lowest BCUT2D eigenvalue weighted by atomic mass is 10.2. The molecule has 0 amide bonds. The maximum absolute atomic E-state index is 11.1. The maximum atomic E-state index is 11.1. The van der Waals surface area contributed by atoms with Gasteiger partial charge in [-0.2, -0.15) is 0 Å². The summed E-state index contributed by atoms with van der Waals surface area (Å²) in [4.78, 5) is 11.1. The average Bonchev–Trinajstić information content (AvgIpc) is 2.13.